The molecule has 0 bridgehead atoms. The van der Waals surface area contributed by atoms with Crippen molar-refractivity contribution in [2.75, 3.05) is 13.2 Å². The maximum absolute atomic E-state index is 13.8. The summed E-state index contributed by atoms with van der Waals surface area (Å²) in [5.41, 5.74) is 0. The zero-order valence-electron chi connectivity index (χ0n) is 13.1. The lowest BCUT2D eigenvalue weighted by atomic mass is 10.2. The lowest BCUT2D eigenvalue weighted by molar-refractivity contribution is 0.179. The van der Waals surface area contributed by atoms with E-state index in [4.69, 9.17) is 9.47 Å². The fourth-order valence-corrected chi connectivity index (χ4v) is 1.82. The lowest BCUT2D eigenvalue weighted by Gasteiger charge is -2.12. The van der Waals surface area contributed by atoms with Crippen LogP contribution in [0.2, 0.25) is 0 Å². The predicted octanol–water partition coefficient (Wildman–Crippen LogP) is 5.72. The van der Waals surface area contributed by atoms with E-state index < -0.39 is 54.2 Å². The van der Waals surface area contributed by atoms with E-state index in [9.17, 15) is 26.3 Å². The zero-order valence-corrected chi connectivity index (χ0v) is 13.1. The van der Waals surface area contributed by atoms with Crippen LogP contribution >= 0.6 is 0 Å². The maximum Gasteiger partial charge on any atom is 0.301 e. The van der Waals surface area contributed by atoms with Crippen molar-refractivity contribution in [3.63, 3.8) is 0 Å². The van der Waals surface area contributed by atoms with Crippen molar-refractivity contribution < 1.29 is 35.8 Å². The molecule has 1 aromatic rings. The van der Waals surface area contributed by atoms with E-state index in [2.05, 4.69) is 0 Å². The van der Waals surface area contributed by atoms with Gasteiger partial charge in [0, 0.05) is 6.42 Å². The van der Waals surface area contributed by atoms with E-state index >= 15 is 0 Å². The Balaban J connectivity index is 2.56. The van der Waals surface area contributed by atoms with Crippen molar-refractivity contribution in [3.8, 4) is 11.5 Å². The average Bonchev–Trinajstić information content (AvgIpc) is 2.54. The topological polar surface area (TPSA) is 18.5 Å². The summed E-state index contributed by atoms with van der Waals surface area (Å²) in [6.45, 7) is 1.10. The molecule has 24 heavy (non-hydrogen) atoms. The molecule has 1 rings (SSSR count). The molecule has 8 heteroatoms. The van der Waals surface area contributed by atoms with Crippen molar-refractivity contribution in [2.45, 2.75) is 38.8 Å². The molecule has 0 fully saturated rings. The molecule has 0 heterocycles. The quantitative estimate of drug-likeness (QED) is 0.394. The molecule has 0 aliphatic heterocycles. The zero-order chi connectivity index (χ0) is 18.1. The van der Waals surface area contributed by atoms with Crippen LogP contribution in [0.1, 0.15) is 32.6 Å². The summed E-state index contributed by atoms with van der Waals surface area (Å²) in [6.07, 6.45) is -3.56. The van der Waals surface area contributed by atoms with Gasteiger partial charge < -0.3 is 9.47 Å². The van der Waals surface area contributed by atoms with Gasteiger partial charge in [-0.15, -0.1) is 0 Å². The van der Waals surface area contributed by atoms with Gasteiger partial charge in [-0.1, -0.05) is 13.3 Å². The van der Waals surface area contributed by atoms with Gasteiger partial charge in [-0.2, -0.15) is 17.6 Å². The van der Waals surface area contributed by atoms with Gasteiger partial charge in [0.15, 0.2) is 17.3 Å². The van der Waals surface area contributed by atoms with Gasteiger partial charge in [0.25, 0.3) is 0 Å². The van der Waals surface area contributed by atoms with Crippen LogP contribution in [-0.2, 0) is 0 Å². The summed E-state index contributed by atoms with van der Waals surface area (Å²) < 4.78 is 86.8. The van der Waals surface area contributed by atoms with Gasteiger partial charge in [-0.05, 0) is 25.0 Å². The van der Waals surface area contributed by atoms with Gasteiger partial charge >= 0.3 is 6.08 Å². The number of hydrogen-bond donors (Lipinski definition) is 0. The molecule has 0 aliphatic rings. The molecule has 0 aromatic heterocycles. The minimum atomic E-state index is -2.41. The summed E-state index contributed by atoms with van der Waals surface area (Å²) in [5.74, 6) is -5.16. The molecular weight excluding hydrogens is 338 g/mol. The average molecular weight is 356 g/mol. The Kier molecular flexibility index (Phi) is 8.49. The number of allylic oxidation sites excluding steroid dienone is 1. The fraction of sp³-hybridized carbons (Fsp3) is 0.500. The van der Waals surface area contributed by atoms with Crippen LogP contribution in [0, 0.1) is 11.6 Å². The van der Waals surface area contributed by atoms with Gasteiger partial charge in [-0.3, -0.25) is 0 Å². The molecule has 1 atom stereocenters. The second-order valence-corrected chi connectivity index (χ2v) is 5.00. The molecular formula is C16H18F6O2. The van der Waals surface area contributed by atoms with E-state index in [-0.39, 0.29) is 19.4 Å². The number of hydrogen-bond acceptors (Lipinski definition) is 2. The Hall–Kier alpha value is -1.86. The van der Waals surface area contributed by atoms with Crippen molar-refractivity contribution in [3.05, 3.63) is 35.7 Å². The number of halogens is 6. The number of ether oxygens (including phenoxy) is 2. The monoisotopic (exact) mass is 356 g/mol. The highest BCUT2D eigenvalue weighted by atomic mass is 19.3. The molecule has 1 unspecified atom stereocenters. The minimum absolute atomic E-state index is 0.136. The van der Waals surface area contributed by atoms with E-state index in [1.54, 1.807) is 6.92 Å². The smallest absolute Gasteiger partial charge is 0.301 e. The van der Waals surface area contributed by atoms with Crippen LogP contribution in [0.5, 0.6) is 11.5 Å². The van der Waals surface area contributed by atoms with Crippen LogP contribution in [0.15, 0.2) is 24.0 Å². The third kappa shape index (κ3) is 6.33. The summed E-state index contributed by atoms with van der Waals surface area (Å²) >= 11 is 0. The molecule has 0 radical (unpaired) electrons. The Morgan fingerprint density at radius 1 is 1.04 bits per heavy atom. The Morgan fingerprint density at radius 2 is 1.62 bits per heavy atom. The standard InChI is InChI=1S/C16H18F6O2/c1-2-4-10(17)9-24-13-7-6-12(14(19)15(13)20)23-8-3-5-11(18)16(21)22/h6-7,10H,2-5,8-9H2,1H3. The van der Waals surface area contributed by atoms with Gasteiger partial charge in [0.1, 0.15) is 12.8 Å². The van der Waals surface area contributed by atoms with Crippen molar-refractivity contribution in [1.82, 2.24) is 0 Å². The second-order valence-electron chi connectivity index (χ2n) is 5.00. The summed E-state index contributed by atoms with van der Waals surface area (Å²) in [5, 5.41) is 0. The molecule has 0 saturated carbocycles. The first-order valence-corrected chi connectivity index (χ1v) is 7.44. The SMILES string of the molecule is CCCC(F)COc1ccc(OCCCC(F)=C(F)F)c(F)c1F. The maximum atomic E-state index is 13.8. The summed E-state index contributed by atoms with van der Waals surface area (Å²) in [4.78, 5) is 0. The molecule has 0 N–H and O–H groups in total. The van der Waals surface area contributed by atoms with Crippen LogP contribution in [0.3, 0.4) is 0 Å². The minimum Gasteiger partial charge on any atom is -0.490 e. The molecule has 2 nitrogen and oxygen atoms in total. The second kappa shape index (κ2) is 10.1. The van der Waals surface area contributed by atoms with Crippen LogP contribution in [0.4, 0.5) is 26.3 Å². The highest BCUT2D eigenvalue weighted by Gasteiger charge is 2.17. The van der Waals surface area contributed by atoms with E-state index in [1.165, 1.54) is 0 Å². The largest absolute Gasteiger partial charge is 0.490 e. The highest BCUT2D eigenvalue weighted by Crippen LogP contribution is 2.28. The van der Waals surface area contributed by atoms with Gasteiger partial charge in [0.2, 0.25) is 11.6 Å². The van der Waals surface area contributed by atoms with Crippen molar-refractivity contribution in [1.29, 1.82) is 0 Å². The van der Waals surface area contributed by atoms with Crippen molar-refractivity contribution >= 4 is 0 Å². The van der Waals surface area contributed by atoms with Crippen molar-refractivity contribution in [2.24, 2.45) is 0 Å². The number of alkyl halides is 1. The van der Waals surface area contributed by atoms with Gasteiger partial charge in [0.05, 0.1) is 6.61 Å². The summed E-state index contributed by atoms with van der Waals surface area (Å²) in [6, 6.07) is 2.15. The number of rotatable bonds is 10. The van der Waals surface area contributed by atoms with Crippen LogP contribution in [-0.4, -0.2) is 19.4 Å². The fourth-order valence-electron chi connectivity index (χ4n) is 1.82. The molecule has 1 aromatic carbocycles. The van der Waals surface area contributed by atoms with E-state index in [0.29, 0.717) is 6.42 Å². The van der Waals surface area contributed by atoms with Crippen LogP contribution in [0.25, 0.3) is 0 Å². The summed E-state index contributed by atoms with van der Waals surface area (Å²) in [7, 11) is 0. The Labute approximate surface area is 136 Å². The predicted molar refractivity (Wildman–Crippen MR) is 76.7 cm³/mol. The Bertz CT molecular complexity index is 558. The molecule has 0 amide bonds. The van der Waals surface area contributed by atoms with E-state index in [0.717, 1.165) is 12.1 Å². The first-order chi connectivity index (χ1) is 11.4. The van der Waals surface area contributed by atoms with Crippen LogP contribution < -0.4 is 9.47 Å². The first kappa shape index (κ1) is 20.2. The third-order valence-electron chi connectivity index (χ3n) is 3.04. The lowest BCUT2D eigenvalue weighted by Crippen LogP contribution is -2.13. The number of benzene rings is 1. The molecule has 0 spiro atoms. The van der Waals surface area contributed by atoms with E-state index in [1.807, 2.05) is 0 Å². The normalized spacial score (nSPS) is 12.0. The first-order valence-electron chi connectivity index (χ1n) is 7.44. The highest BCUT2D eigenvalue weighted by molar-refractivity contribution is 5.35. The molecule has 0 aliphatic carbocycles. The molecule has 136 valence electrons. The molecule has 0 saturated heterocycles. The Morgan fingerprint density at radius 3 is 2.17 bits per heavy atom. The van der Waals surface area contributed by atoms with Gasteiger partial charge in [-0.25, -0.2) is 8.78 Å². The third-order valence-corrected chi connectivity index (χ3v) is 3.04.